The van der Waals surface area contributed by atoms with Crippen LogP contribution in [0.2, 0.25) is 0 Å². The zero-order valence-electron chi connectivity index (χ0n) is 8.82. The molecule has 1 aromatic carbocycles. The number of nitrogens with one attached hydrogen (secondary N) is 1. The molecule has 0 saturated carbocycles. The molecule has 0 fully saturated rings. The van der Waals surface area contributed by atoms with Crippen molar-refractivity contribution in [2.75, 3.05) is 11.9 Å². The number of hydrogen-bond acceptors (Lipinski definition) is 3. The van der Waals surface area contributed by atoms with Crippen molar-refractivity contribution in [3.8, 4) is 17.6 Å². The molecule has 0 aromatic heterocycles. The van der Waals surface area contributed by atoms with Gasteiger partial charge in [0.2, 0.25) is 0 Å². The number of ether oxygens (including phenoxy) is 1. The summed E-state index contributed by atoms with van der Waals surface area (Å²) in [5.41, 5.74) is 1.19. The summed E-state index contributed by atoms with van der Waals surface area (Å²) in [6.45, 7) is 0.0110. The first-order chi connectivity index (χ1) is 8.15. The third-order valence-corrected chi connectivity index (χ3v) is 2.08. The molecule has 0 bridgehead atoms. The monoisotopic (exact) mass is 231 g/mol. The van der Waals surface area contributed by atoms with Crippen molar-refractivity contribution in [2.45, 2.75) is 6.42 Å². The third kappa shape index (κ3) is 2.75. The van der Waals surface area contributed by atoms with Crippen molar-refractivity contribution >= 4 is 17.6 Å². The number of benzene rings is 1. The van der Waals surface area contributed by atoms with Gasteiger partial charge in [0.15, 0.2) is 6.61 Å². The van der Waals surface area contributed by atoms with Gasteiger partial charge in [-0.05, 0) is 18.2 Å². The maximum absolute atomic E-state index is 11.1. The van der Waals surface area contributed by atoms with E-state index in [0.717, 1.165) is 0 Å². The highest BCUT2D eigenvalue weighted by molar-refractivity contribution is 5.95. The molecule has 0 aliphatic carbocycles. The van der Waals surface area contributed by atoms with Gasteiger partial charge >= 0.3 is 5.97 Å². The Morgan fingerprint density at radius 3 is 3.12 bits per heavy atom. The molecule has 0 unspecified atom stereocenters. The standard InChI is InChI=1S/C12H9NO4/c14-11-7-17-10-5-4-8(6-9(10)13-11)2-1-3-12(15)16/h4-6H,3,7H2,(H,13,14)(H,15,16). The fraction of sp³-hybridized carbons (Fsp3) is 0.167. The summed E-state index contributed by atoms with van der Waals surface area (Å²) >= 11 is 0. The molecule has 0 radical (unpaired) electrons. The Kier molecular flexibility index (Phi) is 2.97. The zero-order valence-corrected chi connectivity index (χ0v) is 8.82. The van der Waals surface area contributed by atoms with Gasteiger partial charge in [-0.25, -0.2) is 0 Å². The molecule has 1 aliphatic rings. The maximum Gasteiger partial charge on any atom is 0.315 e. The summed E-state index contributed by atoms with van der Waals surface area (Å²) in [5.74, 6) is 4.63. The molecule has 2 rings (SSSR count). The Bertz CT molecular complexity index is 539. The van der Waals surface area contributed by atoms with E-state index < -0.39 is 5.97 Å². The number of fused-ring (bicyclic) bond motifs is 1. The molecular weight excluding hydrogens is 222 g/mol. The molecule has 2 N–H and O–H groups in total. The maximum atomic E-state index is 11.1. The van der Waals surface area contributed by atoms with E-state index in [1.807, 2.05) is 0 Å². The number of carbonyl (C=O) groups excluding carboxylic acids is 1. The minimum absolute atomic E-state index is 0.0110. The summed E-state index contributed by atoms with van der Waals surface area (Å²) in [6, 6.07) is 5.06. The van der Waals surface area contributed by atoms with Crippen molar-refractivity contribution in [1.29, 1.82) is 0 Å². The Morgan fingerprint density at radius 1 is 1.53 bits per heavy atom. The van der Waals surface area contributed by atoms with Gasteiger partial charge in [-0.1, -0.05) is 11.8 Å². The van der Waals surface area contributed by atoms with Crippen LogP contribution in [-0.4, -0.2) is 23.6 Å². The van der Waals surface area contributed by atoms with E-state index >= 15 is 0 Å². The lowest BCUT2D eigenvalue weighted by Crippen LogP contribution is -2.25. The van der Waals surface area contributed by atoms with E-state index in [1.54, 1.807) is 18.2 Å². The van der Waals surface area contributed by atoms with Gasteiger partial charge in [0.25, 0.3) is 5.91 Å². The quantitative estimate of drug-likeness (QED) is 0.702. The smallest absolute Gasteiger partial charge is 0.315 e. The molecule has 1 heterocycles. The zero-order chi connectivity index (χ0) is 12.3. The number of carbonyl (C=O) groups is 2. The van der Waals surface area contributed by atoms with Crippen molar-refractivity contribution in [3.63, 3.8) is 0 Å². The second-order valence-corrected chi connectivity index (χ2v) is 3.42. The summed E-state index contributed by atoms with van der Waals surface area (Å²) in [7, 11) is 0. The molecule has 1 aromatic rings. The predicted molar refractivity (Wildman–Crippen MR) is 59.7 cm³/mol. The highest BCUT2D eigenvalue weighted by Gasteiger charge is 2.15. The number of hydrogen-bond donors (Lipinski definition) is 2. The molecule has 5 nitrogen and oxygen atoms in total. The lowest BCUT2D eigenvalue weighted by atomic mass is 10.1. The predicted octanol–water partition coefficient (Wildman–Crippen LogP) is 0.844. The van der Waals surface area contributed by atoms with E-state index in [0.29, 0.717) is 17.0 Å². The van der Waals surface area contributed by atoms with E-state index in [4.69, 9.17) is 9.84 Å². The lowest BCUT2D eigenvalue weighted by Gasteiger charge is -2.17. The van der Waals surface area contributed by atoms with Crippen LogP contribution in [0.4, 0.5) is 5.69 Å². The molecular formula is C12H9NO4. The first-order valence-electron chi connectivity index (χ1n) is 4.92. The Hall–Kier alpha value is -2.48. The van der Waals surface area contributed by atoms with Gasteiger partial charge in [0, 0.05) is 5.56 Å². The first kappa shape index (κ1) is 11.0. The number of carboxylic acids is 1. The first-order valence-corrected chi connectivity index (χ1v) is 4.92. The highest BCUT2D eigenvalue weighted by atomic mass is 16.5. The number of amides is 1. The van der Waals surface area contributed by atoms with Crippen LogP contribution in [-0.2, 0) is 9.59 Å². The average molecular weight is 231 g/mol. The summed E-state index contributed by atoms with van der Waals surface area (Å²) in [4.78, 5) is 21.4. The van der Waals surface area contributed by atoms with Crippen LogP contribution in [0, 0.1) is 11.8 Å². The molecule has 5 heteroatoms. The van der Waals surface area contributed by atoms with E-state index in [1.165, 1.54) is 0 Å². The van der Waals surface area contributed by atoms with Gasteiger partial charge in [0.05, 0.1) is 5.69 Å². The number of rotatable bonds is 1. The second kappa shape index (κ2) is 4.58. The van der Waals surface area contributed by atoms with Crippen molar-refractivity contribution in [1.82, 2.24) is 0 Å². The minimum atomic E-state index is -0.966. The third-order valence-electron chi connectivity index (χ3n) is 2.08. The fourth-order valence-corrected chi connectivity index (χ4v) is 1.38. The van der Waals surface area contributed by atoms with Crippen LogP contribution in [0.3, 0.4) is 0 Å². The normalized spacial score (nSPS) is 12.6. The van der Waals surface area contributed by atoms with Gasteiger partial charge in [0.1, 0.15) is 12.2 Å². The topological polar surface area (TPSA) is 75.6 Å². The lowest BCUT2D eigenvalue weighted by molar-refractivity contribution is -0.135. The van der Waals surface area contributed by atoms with Crippen LogP contribution in [0.1, 0.15) is 12.0 Å². The number of anilines is 1. The number of aliphatic carboxylic acids is 1. The van der Waals surface area contributed by atoms with Gasteiger partial charge in [-0.3, -0.25) is 9.59 Å². The largest absolute Gasteiger partial charge is 0.482 e. The van der Waals surface area contributed by atoms with Crippen molar-refractivity contribution in [2.24, 2.45) is 0 Å². The molecule has 0 saturated heterocycles. The molecule has 0 spiro atoms. The molecule has 1 amide bonds. The van der Waals surface area contributed by atoms with Crippen LogP contribution >= 0.6 is 0 Å². The second-order valence-electron chi connectivity index (χ2n) is 3.42. The SMILES string of the molecule is O=C(O)CC#Cc1ccc2c(c1)NC(=O)CO2. The van der Waals surface area contributed by atoms with Gasteiger partial charge in [-0.15, -0.1) is 0 Å². The highest BCUT2D eigenvalue weighted by Crippen LogP contribution is 2.27. The van der Waals surface area contributed by atoms with Crippen molar-refractivity contribution < 1.29 is 19.4 Å². The minimum Gasteiger partial charge on any atom is -0.482 e. The van der Waals surface area contributed by atoms with Gasteiger partial charge < -0.3 is 15.2 Å². The van der Waals surface area contributed by atoms with Gasteiger partial charge in [-0.2, -0.15) is 0 Å². The van der Waals surface area contributed by atoms with Crippen LogP contribution < -0.4 is 10.1 Å². The van der Waals surface area contributed by atoms with E-state index in [2.05, 4.69) is 17.2 Å². The van der Waals surface area contributed by atoms with Crippen LogP contribution in [0.15, 0.2) is 18.2 Å². The molecule has 86 valence electrons. The Balaban J connectivity index is 2.20. The summed E-state index contributed by atoms with van der Waals surface area (Å²) < 4.78 is 5.18. The average Bonchev–Trinajstić information content (AvgIpc) is 2.28. The fourth-order valence-electron chi connectivity index (χ4n) is 1.38. The molecule has 17 heavy (non-hydrogen) atoms. The molecule has 0 atom stereocenters. The molecule has 1 aliphatic heterocycles. The summed E-state index contributed by atoms with van der Waals surface area (Å²) in [6.07, 6.45) is -0.208. The van der Waals surface area contributed by atoms with Crippen molar-refractivity contribution in [3.05, 3.63) is 23.8 Å². The number of carboxylic acid groups (broad SMARTS) is 1. The van der Waals surface area contributed by atoms with Crippen LogP contribution in [0.5, 0.6) is 5.75 Å². The van der Waals surface area contributed by atoms with E-state index in [-0.39, 0.29) is 18.9 Å². The Morgan fingerprint density at radius 2 is 2.35 bits per heavy atom. The van der Waals surface area contributed by atoms with Crippen LogP contribution in [0.25, 0.3) is 0 Å². The van der Waals surface area contributed by atoms with E-state index in [9.17, 15) is 9.59 Å². The summed E-state index contributed by atoms with van der Waals surface area (Å²) in [5, 5.41) is 11.1. The Labute approximate surface area is 97.4 Å².